The van der Waals surface area contributed by atoms with E-state index in [0.717, 1.165) is 77.5 Å². The van der Waals surface area contributed by atoms with E-state index in [4.69, 9.17) is 19.1 Å². The lowest BCUT2D eigenvalue weighted by molar-refractivity contribution is 0.226. The summed E-state index contributed by atoms with van der Waals surface area (Å²) in [6, 6.07) is 4.34. The van der Waals surface area contributed by atoms with Crippen LogP contribution >= 0.6 is 0 Å². The first-order chi connectivity index (χ1) is 16.5. The first kappa shape index (κ1) is 22.7. The first-order valence-corrected chi connectivity index (χ1v) is 12.2. The van der Waals surface area contributed by atoms with Crippen LogP contribution in [0.3, 0.4) is 0 Å². The predicted molar refractivity (Wildman–Crippen MR) is 133 cm³/mol. The molecule has 1 saturated carbocycles. The van der Waals surface area contributed by atoms with E-state index in [1.54, 1.807) is 6.20 Å². The van der Waals surface area contributed by atoms with Crippen molar-refractivity contribution in [1.29, 1.82) is 0 Å². The van der Waals surface area contributed by atoms with Crippen molar-refractivity contribution < 1.29 is 14.3 Å². The zero-order chi connectivity index (χ0) is 23.7. The lowest BCUT2D eigenvalue weighted by atomic mass is 10.1. The van der Waals surface area contributed by atoms with Gasteiger partial charge in [0.15, 0.2) is 5.58 Å². The molecule has 8 nitrogen and oxygen atoms in total. The Morgan fingerprint density at radius 3 is 2.82 bits per heavy atom. The second-order valence-electron chi connectivity index (χ2n) is 9.44. The molecule has 0 radical (unpaired) electrons. The third-order valence-electron chi connectivity index (χ3n) is 6.92. The number of hydrogen-bond acceptors (Lipinski definition) is 8. The van der Waals surface area contributed by atoms with Crippen molar-refractivity contribution in [2.45, 2.75) is 52.5 Å². The summed E-state index contributed by atoms with van der Waals surface area (Å²) in [5.41, 5.74) is 3.47. The van der Waals surface area contributed by atoms with Crippen LogP contribution in [-0.4, -0.2) is 45.9 Å². The van der Waals surface area contributed by atoms with E-state index in [1.807, 2.05) is 13.0 Å². The Balaban J connectivity index is 1.51. The Morgan fingerprint density at radius 2 is 2.09 bits per heavy atom. The molecule has 0 saturated heterocycles. The van der Waals surface area contributed by atoms with Gasteiger partial charge in [0.1, 0.15) is 17.3 Å². The largest absolute Gasteiger partial charge is 0.496 e. The number of ether oxygens (including phenoxy) is 1. The van der Waals surface area contributed by atoms with Crippen LogP contribution in [0.15, 0.2) is 34.6 Å². The zero-order valence-electron chi connectivity index (χ0n) is 20.1. The summed E-state index contributed by atoms with van der Waals surface area (Å²) in [5, 5.41) is 17.7. The maximum absolute atomic E-state index is 9.68. The maximum Gasteiger partial charge on any atom is 0.225 e. The highest BCUT2D eigenvalue weighted by Gasteiger charge is 2.32. The minimum absolute atomic E-state index is 0.219. The molecular weight excluding hydrogens is 430 g/mol. The van der Waals surface area contributed by atoms with Gasteiger partial charge in [0.2, 0.25) is 5.95 Å². The van der Waals surface area contributed by atoms with Crippen molar-refractivity contribution in [3.05, 3.63) is 41.6 Å². The van der Waals surface area contributed by atoms with E-state index >= 15 is 0 Å². The fraction of sp³-hybridized carbons (Fsp3) is 0.500. The Kier molecular flexibility index (Phi) is 6.41. The number of nitrogens with zero attached hydrogens (tertiary/aromatic N) is 3. The smallest absolute Gasteiger partial charge is 0.225 e. The number of fused-ring (bicyclic) bond motifs is 1. The van der Waals surface area contributed by atoms with Crippen LogP contribution in [0.4, 0.5) is 11.8 Å². The topological polar surface area (TPSA) is 105 Å². The van der Waals surface area contributed by atoms with Crippen molar-refractivity contribution in [3.8, 4) is 11.3 Å². The quantitative estimate of drug-likeness (QED) is 0.442. The minimum Gasteiger partial charge on any atom is -0.496 e. The maximum atomic E-state index is 9.68. The van der Waals surface area contributed by atoms with E-state index in [2.05, 4.69) is 41.6 Å². The molecule has 0 unspecified atom stereocenters. The van der Waals surface area contributed by atoms with Gasteiger partial charge in [-0.2, -0.15) is 4.98 Å². The molecule has 2 aliphatic rings. The Bertz CT molecular complexity index is 1200. The summed E-state index contributed by atoms with van der Waals surface area (Å²) >= 11 is 0. The first-order valence-electron chi connectivity index (χ1n) is 12.2. The molecule has 3 aromatic rings. The number of hydrogen-bond donors (Lipinski definition) is 3. The molecule has 0 spiro atoms. The lowest BCUT2D eigenvalue weighted by Crippen LogP contribution is -2.24. The van der Waals surface area contributed by atoms with Gasteiger partial charge in [0.05, 0.1) is 30.6 Å². The highest BCUT2D eigenvalue weighted by atomic mass is 16.5. The number of aliphatic hydroxyl groups is 1. The molecule has 1 aliphatic heterocycles. The minimum atomic E-state index is 0.219. The number of aryl methyl sites for hydroxylation is 2. The Labute approximate surface area is 199 Å². The molecule has 0 aromatic carbocycles. The third-order valence-corrected chi connectivity index (χ3v) is 6.92. The molecular formula is C26H33N5O3. The molecule has 3 aromatic heterocycles. The molecule has 0 bridgehead atoms. The van der Waals surface area contributed by atoms with Crippen molar-refractivity contribution in [3.63, 3.8) is 0 Å². The standard InChI is InChI=1S/C26H33N5O3/c1-4-19-10-18-11-22(34-23(18)13-27-19)24-16(3)29-26(28-12-20-6-5-7-33-20)31-25(24)30-21-9-17(14-32)8-15(21)2/h6,10-11,13,15,17,21,32H,4-5,7-9,12,14H2,1-3H3,(H2,28,29,30,31)/t15-,17-,21-/m1/s1. The zero-order valence-corrected chi connectivity index (χ0v) is 20.1. The number of pyridine rings is 1. The number of nitrogens with one attached hydrogen (secondary N) is 2. The lowest BCUT2D eigenvalue weighted by Gasteiger charge is -2.21. The average molecular weight is 464 g/mol. The van der Waals surface area contributed by atoms with Crippen LogP contribution in [-0.2, 0) is 11.2 Å². The van der Waals surface area contributed by atoms with E-state index in [1.165, 1.54) is 0 Å². The molecule has 34 heavy (non-hydrogen) atoms. The summed E-state index contributed by atoms with van der Waals surface area (Å²) < 4.78 is 11.8. The molecule has 3 N–H and O–H groups in total. The Morgan fingerprint density at radius 1 is 1.21 bits per heavy atom. The van der Waals surface area contributed by atoms with Crippen molar-refractivity contribution >= 4 is 22.7 Å². The summed E-state index contributed by atoms with van der Waals surface area (Å²) in [6.07, 6.45) is 7.60. The second kappa shape index (κ2) is 9.62. The SMILES string of the molecule is CCc1cc2cc(-c3c(C)nc(NCC4=CCCO4)nc3N[C@@H]3C[C@H](CO)C[C@H]3C)oc2cn1. The van der Waals surface area contributed by atoms with E-state index in [0.29, 0.717) is 24.3 Å². The van der Waals surface area contributed by atoms with Crippen LogP contribution in [0.25, 0.3) is 22.3 Å². The molecule has 180 valence electrons. The normalized spacial score (nSPS) is 22.1. The molecule has 0 amide bonds. The summed E-state index contributed by atoms with van der Waals surface area (Å²) in [7, 11) is 0. The monoisotopic (exact) mass is 463 g/mol. The van der Waals surface area contributed by atoms with E-state index in [-0.39, 0.29) is 12.6 Å². The van der Waals surface area contributed by atoms with Gasteiger partial charge in [-0.25, -0.2) is 4.98 Å². The van der Waals surface area contributed by atoms with Gasteiger partial charge in [-0.1, -0.05) is 13.8 Å². The van der Waals surface area contributed by atoms with E-state index in [9.17, 15) is 5.11 Å². The van der Waals surface area contributed by atoms with Gasteiger partial charge < -0.3 is 24.9 Å². The summed E-state index contributed by atoms with van der Waals surface area (Å²) in [5.74, 6) is 3.69. The van der Waals surface area contributed by atoms with Gasteiger partial charge in [-0.05, 0) is 56.2 Å². The highest BCUT2D eigenvalue weighted by Crippen LogP contribution is 2.38. The fourth-order valence-corrected chi connectivity index (χ4v) is 5.02. The molecule has 8 heteroatoms. The van der Waals surface area contributed by atoms with Crippen LogP contribution < -0.4 is 10.6 Å². The van der Waals surface area contributed by atoms with Gasteiger partial charge >= 0.3 is 0 Å². The summed E-state index contributed by atoms with van der Waals surface area (Å²) in [6.45, 7) is 7.81. The predicted octanol–water partition coefficient (Wildman–Crippen LogP) is 4.69. The fourth-order valence-electron chi connectivity index (χ4n) is 5.02. The number of rotatable bonds is 8. The molecule has 4 heterocycles. The van der Waals surface area contributed by atoms with Crippen LogP contribution in [0.5, 0.6) is 0 Å². The molecule has 3 atom stereocenters. The number of anilines is 2. The van der Waals surface area contributed by atoms with Crippen molar-refractivity contribution in [2.24, 2.45) is 11.8 Å². The van der Waals surface area contributed by atoms with Crippen molar-refractivity contribution in [2.75, 3.05) is 30.4 Å². The number of aromatic nitrogens is 3. The van der Waals surface area contributed by atoms with E-state index < -0.39 is 0 Å². The molecule has 5 rings (SSSR count). The third kappa shape index (κ3) is 4.59. The molecule has 1 aliphatic carbocycles. The highest BCUT2D eigenvalue weighted by molar-refractivity contribution is 5.86. The second-order valence-corrected chi connectivity index (χ2v) is 9.44. The van der Waals surface area contributed by atoms with Crippen LogP contribution in [0.1, 0.15) is 44.5 Å². The molecule has 1 fully saturated rings. The summed E-state index contributed by atoms with van der Waals surface area (Å²) in [4.78, 5) is 14.1. The number of aliphatic hydroxyl groups excluding tert-OH is 1. The van der Waals surface area contributed by atoms with Crippen molar-refractivity contribution in [1.82, 2.24) is 15.0 Å². The van der Waals surface area contributed by atoms with Crippen LogP contribution in [0, 0.1) is 18.8 Å². The Hall–Kier alpha value is -3.13. The van der Waals surface area contributed by atoms with Gasteiger partial charge in [0, 0.05) is 30.1 Å². The van der Waals surface area contributed by atoms with Crippen LogP contribution in [0.2, 0.25) is 0 Å². The number of furan rings is 1. The van der Waals surface area contributed by atoms with Gasteiger partial charge in [-0.15, -0.1) is 0 Å². The van der Waals surface area contributed by atoms with Gasteiger partial charge in [-0.3, -0.25) is 4.98 Å². The van der Waals surface area contributed by atoms with Gasteiger partial charge in [0.25, 0.3) is 0 Å². The average Bonchev–Trinajstić information content (AvgIpc) is 3.57.